The minimum Gasteiger partial charge on any atom is -0.365 e. The van der Waals surface area contributed by atoms with Crippen molar-refractivity contribution in [3.8, 4) is 0 Å². The molecule has 0 saturated carbocycles. The first kappa shape index (κ1) is 18.5. The normalized spacial score (nSPS) is 16.2. The third-order valence-electron chi connectivity index (χ3n) is 5.68. The van der Waals surface area contributed by atoms with Crippen LogP contribution in [0.2, 0.25) is 0 Å². The lowest BCUT2D eigenvalue weighted by molar-refractivity contribution is 0.552. The van der Waals surface area contributed by atoms with Crippen molar-refractivity contribution in [1.82, 2.24) is 29.5 Å². The average Bonchev–Trinajstić information content (AvgIpc) is 2.94. The van der Waals surface area contributed by atoms with Crippen molar-refractivity contribution in [2.75, 3.05) is 5.32 Å². The SMILES string of the molecule is Cc1nnc(NC2CCc3nn(Cc4cccnc4)c(=O)n3CC2)c2ccccc12. The highest BCUT2D eigenvalue weighted by molar-refractivity contribution is 5.92. The van der Waals surface area contributed by atoms with Crippen LogP contribution >= 0.6 is 0 Å². The number of aromatic nitrogens is 6. The Kier molecular flexibility index (Phi) is 4.74. The van der Waals surface area contributed by atoms with Gasteiger partial charge in [0.25, 0.3) is 0 Å². The van der Waals surface area contributed by atoms with Gasteiger partial charge < -0.3 is 5.32 Å². The van der Waals surface area contributed by atoms with Crippen LogP contribution in [-0.2, 0) is 19.5 Å². The van der Waals surface area contributed by atoms with Crippen molar-refractivity contribution < 1.29 is 0 Å². The van der Waals surface area contributed by atoms with Crippen LogP contribution < -0.4 is 11.0 Å². The fourth-order valence-electron chi connectivity index (χ4n) is 4.08. The monoisotopic (exact) mass is 401 g/mol. The summed E-state index contributed by atoms with van der Waals surface area (Å²) >= 11 is 0. The van der Waals surface area contributed by atoms with E-state index in [0.29, 0.717) is 13.1 Å². The van der Waals surface area contributed by atoms with Gasteiger partial charge >= 0.3 is 5.69 Å². The molecular weight excluding hydrogens is 378 g/mol. The minimum absolute atomic E-state index is 0.0601. The number of aryl methyl sites for hydroxylation is 2. The molecule has 3 aromatic heterocycles. The lowest BCUT2D eigenvalue weighted by atomic mass is 10.1. The maximum atomic E-state index is 12.8. The quantitative estimate of drug-likeness (QED) is 0.565. The molecular formula is C22H23N7O. The van der Waals surface area contributed by atoms with E-state index in [1.165, 1.54) is 0 Å². The standard InChI is InChI=1S/C22H23N7O/c1-15-18-6-2-3-7-19(18)21(26-25-15)24-17-8-9-20-27-29(22(30)28(20)12-10-17)14-16-5-4-11-23-13-16/h2-7,11,13,17H,8-10,12,14H2,1H3,(H,24,26). The van der Waals surface area contributed by atoms with Crippen molar-refractivity contribution in [1.29, 1.82) is 0 Å². The summed E-state index contributed by atoms with van der Waals surface area (Å²) in [5.74, 6) is 1.64. The second kappa shape index (κ2) is 7.70. The molecule has 1 N–H and O–H groups in total. The summed E-state index contributed by atoms with van der Waals surface area (Å²) in [5.41, 5.74) is 1.83. The summed E-state index contributed by atoms with van der Waals surface area (Å²) in [6.45, 7) is 3.05. The smallest absolute Gasteiger partial charge is 0.346 e. The molecule has 4 aromatic rings. The van der Waals surface area contributed by atoms with E-state index in [9.17, 15) is 4.79 Å². The Morgan fingerprint density at radius 3 is 2.80 bits per heavy atom. The first-order valence-corrected chi connectivity index (χ1v) is 10.2. The van der Waals surface area contributed by atoms with Crippen LogP contribution in [0.4, 0.5) is 5.82 Å². The topological polar surface area (TPSA) is 90.5 Å². The van der Waals surface area contributed by atoms with Gasteiger partial charge in [-0.3, -0.25) is 9.55 Å². The molecule has 8 nitrogen and oxygen atoms in total. The molecule has 0 saturated heterocycles. The lowest BCUT2D eigenvalue weighted by Crippen LogP contribution is -2.27. The molecule has 0 bridgehead atoms. The number of hydrogen-bond donors (Lipinski definition) is 1. The van der Waals surface area contributed by atoms with E-state index >= 15 is 0 Å². The van der Waals surface area contributed by atoms with E-state index in [-0.39, 0.29) is 11.7 Å². The van der Waals surface area contributed by atoms with Crippen LogP contribution in [0.5, 0.6) is 0 Å². The molecule has 30 heavy (non-hydrogen) atoms. The van der Waals surface area contributed by atoms with Crippen LogP contribution in [0.1, 0.15) is 29.9 Å². The van der Waals surface area contributed by atoms with Gasteiger partial charge in [-0.15, -0.1) is 5.10 Å². The largest absolute Gasteiger partial charge is 0.365 e. The first-order chi connectivity index (χ1) is 14.7. The molecule has 5 rings (SSSR count). The van der Waals surface area contributed by atoms with Gasteiger partial charge in [-0.1, -0.05) is 30.3 Å². The zero-order valence-electron chi connectivity index (χ0n) is 16.8. The molecule has 1 unspecified atom stereocenters. The van der Waals surface area contributed by atoms with Crippen molar-refractivity contribution in [2.24, 2.45) is 0 Å². The number of fused-ring (bicyclic) bond motifs is 2. The van der Waals surface area contributed by atoms with Crippen molar-refractivity contribution in [3.63, 3.8) is 0 Å². The van der Waals surface area contributed by atoms with Crippen LogP contribution in [0.15, 0.2) is 53.6 Å². The number of hydrogen-bond acceptors (Lipinski definition) is 6. The Bertz CT molecular complexity index is 1250. The summed E-state index contributed by atoms with van der Waals surface area (Å²) in [6.07, 6.45) is 5.94. The Hall–Kier alpha value is -3.55. The fraction of sp³-hybridized carbons (Fsp3) is 0.318. The van der Waals surface area contributed by atoms with Crippen LogP contribution in [0.3, 0.4) is 0 Å². The Morgan fingerprint density at radius 2 is 1.97 bits per heavy atom. The van der Waals surface area contributed by atoms with Crippen molar-refractivity contribution in [2.45, 2.75) is 45.3 Å². The molecule has 8 heteroatoms. The van der Waals surface area contributed by atoms with Gasteiger partial charge in [-0.25, -0.2) is 9.48 Å². The van der Waals surface area contributed by atoms with Gasteiger partial charge in [-0.05, 0) is 31.4 Å². The molecule has 0 amide bonds. The van der Waals surface area contributed by atoms with E-state index in [4.69, 9.17) is 0 Å². The number of nitrogens with zero attached hydrogens (tertiary/aromatic N) is 6. The summed E-state index contributed by atoms with van der Waals surface area (Å²) in [6, 6.07) is 12.2. The van der Waals surface area contributed by atoms with Gasteiger partial charge in [0, 0.05) is 42.2 Å². The van der Waals surface area contributed by atoms with Crippen LogP contribution in [0, 0.1) is 6.92 Å². The van der Waals surface area contributed by atoms with Gasteiger partial charge in [0.2, 0.25) is 0 Å². The summed E-state index contributed by atoms with van der Waals surface area (Å²) in [5, 5.41) is 19.0. The molecule has 152 valence electrons. The molecule has 1 aliphatic heterocycles. The summed E-state index contributed by atoms with van der Waals surface area (Å²) in [7, 11) is 0. The Labute approximate surface area is 173 Å². The molecule has 4 heterocycles. The Morgan fingerprint density at radius 1 is 1.10 bits per heavy atom. The summed E-state index contributed by atoms with van der Waals surface area (Å²) < 4.78 is 3.34. The molecule has 0 radical (unpaired) electrons. The second-order valence-electron chi connectivity index (χ2n) is 7.72. The molecule has 0 aliphatic carbocycles. The molecule has 0 spiro atoms. The number of nitrogens with one attached hydrogen (secondary N) is 1. The van der Waals surface area contributed by atoms with Crippen LogP contribution in [0.25, 0.3) is 10.8 Å². The summed E-state index contributed by atoms with van der Waals surface area (Å²) in [4.78, 5) is 17.0. The highest BCUT2D eigenvalue weighted by atomic mass is 16.2. The molecule has 0 fully saturated rings. The van der Waals surface area contributed by atoms with E-state index in [1.54, 1.807) is 21.6 Å². The van der Waals surface area contributed by atoms with E-state index in [1.807, 2.05) is 31.2 Å². The molecule has 1 aliphatic rings. The van der Waals surface area contributed by atoms with E-state index in [2.05, 4.69) is 37.7 Å². The number of pyridine rings is 1. The molecule has 1 atom stereocenters. The predicted octanol–water partition coefficient (Wildman–Crippen LogP) is 2.56. The predicted molar refractivity (Wildman–Crippen MR) is 114 cm³/mol. The van der Waals surface area contributed by atoms with Gasteiger partial charge in [0.15, 0.2) is 5.82 Å². The third kappa shape index (κ3) is 3.45. The zero-order chi connectivity index (χ0) is 20.5. The number of rotatable bonds is 4. The van der Waals surface area contributed by atoms with Crippen molar-refractivity contribution in [3.05, 3.63) is 76.4 Å². The fourth-order valence-corrected chi connectivity index (χ4v) is 4.08. The highest BCUT2D eigenvalue weighted by Gasteiger charge is 2.22. The van der Waals surface area contributed by atoms with Crippen LogP contribution in [-0.4, -0.2) is 35.6 Å². The van der Waals surface area contributed by atoms with E-state index in [0.717, 1.165) is 52.9 Å². The second-order valence-corrected chi connectivity index (χ2v) is 7.72. The van der Waals surface area contributed by atoms with E-state index < -0.39 is 0 Å². The van der Waals surface area contributed by atoms with Gasteiger partial charge in [0.1, 0.15) is 5.82 Å². The zero-order valence-corrected chi connectivity index (χ0v) is 16.8. The Balaban J connectivity index is 1.34. The number of benzene rings is 1. The minimum atomic E-state index is -0.0601. The average molecular weight is 401 g/mol. The lowest BCUT2D eigenvalue weighted by Gasteiger charge is -2.18. The maximum Gasteiger partial charge on any atom is 0.346 e. The third-order valence-corrected chi connectivity index (χ3v) is 5.68. The van der Waals surface area contributed by atoms with Crippen molar-refractivity contribution >= 4 is 16.6 Å². The molecule has 1 aromatic carbocycles. The van der Waals surface area contributed by atoms with Gasteiger partial charge in [0.05, 0.1) is 12.2 Å². The van der Waals surface area contributed by atoms with Gasteiger partial charge in [-0.2, -0.15) is 10.2 Å². The highest BCUT2D eigenvalue weighted by Crippen LogP contribution is 2.24. The number of anilines is 1. The maximum absolute atomic E-state index is 12.8. The first-order valence-electron chi connectivity index (χ1n) is 10.2.